The Morgan fingerprint density at radius 2 is 1.64 bits per heavy atom. The van der Waals surface area contributed by atoms with E-state index in [9.17, 15) is 9.59 Å². The van der Waals surface area contributed by atoms with E-state index >= 15 is 0 Å². The molecule has 0 aliphatic rings. The molecule has 0 bridgehead atoms. The highest BCUT2D eigenvalue weighted by atomic mass is 16.2. The summed E-state index contributed by atoms with van der Waals surface area (Å²) >= 11 is 0. The normalized spacial score (nSPS) is 10.1. The van der Waals surface area contributed by atoms with Crippen LogP contribution in [0.4, 0.5) is 5.69 Å². The van der Waals surface area contributed by atoms with Crippen LogP contribution in [0.2, 0.25) is 0 Å². The fraction of sp³-hybridized carbons (Fsp3) is 0.222. The second kappa shape index (κ2) is 7.41. The fourth-order valence-corrected chi connectivity index (χ4v) is 2.23. The van der Waals surface area contributed by atoms with E-state index in [1.807, 2.05) is 61.5 Å². The van der Waals surface area contributed by atoms with Crippen LogP contribution < -0.4 is 10.2 Å². The smallest absolute Gasteiger partial charge is 0.240 e. The number of para-hydroxylation sites is 1. The van der Waals surface area contributed by atoms with E-state index in [0.717, 1.165) is 16.8 Å². The first-order chi connectivity index (χ1) is 10.6. The lowest BCUT2D eigenvalue weighted by Crippen LogP contribution is -2.39. The van der Waals surface area contributed by atoms with Gasteiger partial charge in [-0.2, -0.15) is 0 Å². The highest BCUT2D eigenvalue weighted by molar-refractivity contribution is 5.98. The number of benzene rings is 2. The molecule has 0 aliphatic heterocycles. The predicted molar refractivity (Wildman–Crippen MR) is 87.5 cm³/mol. The van der Waals surface area contributed by atoms with Crippen molar-refractivity contribution in [2.24, 2.45) is 0 Å². The van der Waals surface area contributed by atoms with Gasteiger partial charge in [0.2, 0.25) is 11.8 Å². The second-order valence-corrected chi connectivity index (χ2v) is 5.15. The van der Waals surface area contributed by atoms with Gasteiger partial charge in [-0.25, -0.2) is 0 Å². The number of carbonyl (C=O) groups excluding carboxylic acids is 2. The van der Waals surface area contributed by atoms with E-state index in [1.54, 1.807) is 0 Å². The van der Waals surface area contributed by atoms with E-state index in [1.165, 1.54) is 11.8 Å². The molecule has 2 amide bonds. The molecule has 0 unspecified atom stereocenters. The highest BCUT2D eigenvalue weighted by Gasteiger charge is 2.16. The molecule has 114 valence electrons. The number of carbonyl (C=O) groups is 2. The molecule has 0 atom stereocenters. The SMILES string of the molecule is CC(=O)N(CC(=O)NCc1ccccc1)c1ccccc1C. The molecule has 0 aromatic heterocycles. The monoisotopic (exact) mass is 296 g/mol. The molecule has 0 aliphatic carbocycles. The lowest BCUT2D eigenvalue weighted by atomic mass is 10.2. The molecule has 0 radical (unpaired) electrons. The van der Waals surface area contributed by atoms with Gasteiger partial charge in [0.25, 0.3) is 0 Å². The summed E-state index contributed by atoms with van der Waals surface area (Å²) in [6, 6.07) is 17.2. The van der Waals surface area contributed by atoms with Crippen LogP contribution >= 0.6 is 0 Å². The van der Waals surface area contributed by atoms with E-state index in [4.69, 9.17) is 0 Å². The second-order valence-electron chi connectivity index (χ2n) is 5.15. The van der Waals surface area contributed by atoms with Crippen molar-refractivity contribution in [2.45, 2.75) is 20.4 Å². The Labute approximate surface area is 130 Å². The van der Waals surface area contributed by atoms with Crippen molar-refractivity contribution >= 4 is 17.5 Å². The van der Waals surface area contributed by atoms with E-state index in [2.05, 4.69) is 5.32 Å². The Balaban J connectivity index is 2.01. The summed E-state index contributed by atoms with van der Waals surface area (Å²) in [5, 5.41) is 2.84. The van der Waals surface area contributed by atoms with Crippen LogP contribution in [0.1, 0.15) is 18.1 Å². The largest absolute Gasteiger partial charge is 0.350 e. The molecule has 0 fully saturated rings. The number of nitrogens with zero attached hydrogens (tertiary/aromatic N) is 1. The van der Waals surface area contributed by atoms with Gasteiger partial charge >= 0.3 is 0 Å². The lowest BCUT2D eigenvalue weighted by molar-refractivity contribution is -0.123. The van der Waals surface area contributed by atoms with Crippen LogP contribution in [0.15, 0.2) is 54.6 Å². The molecule has 0 heterocycles. The summed E-state index contributed by atoms with van der Waals surface area (Å²) in [5.74, 6) is -0.327. The maximum atomic E-state index is 12.1. The minimum Gasteiger partial charge on any atom is -0.350 e. The van der Waals surface area contributed by atoms with Gasteiger partial charge in [-0.1, -0.05) is 48.5 Å². The van der Waals surface area contributed by atoms with Gasteiger partial charge in [0.15, 0.2) is 0 Å². The van der Waals surface area contributed by atoms with Crippen molar-refractivity contribution < 1.29 is 9.59 Å². The summed E-state index contributed by atoms with van der Waals surface area (Å²) in [4.78, 5) is 25.5. The van der Waals surface area contributed by atoms with E-state index in [0.29, 0.717) is 6.54 Å². The van der Waals surface area contributed by atoms with Crippen molar-refractivity contribution in [3.63, 3.8) is 0 Å². The lowest BCUT2D eigenvalue weighted by Gasteiger charge is -2.22. The Kier molecular flexibility index (Phi) is 5.31. The Morgan fingerprint density at radius 3 is 2.27 bits per heavy atom. The zero-order valence-corrected chi connectivity index (χ0v) is 12.9. The topological polar surface area (TPSA) is 49.4 Å². The molecule has 0 saturated carbocycles. The first-order valence-corrected chi connectivity index (χ1v) is 7.22. The molecule has 2 aromatic carbocycles. The maximum Gasteiger partial charge on any atom is 0.240 e. The van der Waals surface area contributed by atoms with Gasteiger partial charge in [0.1, 0.15) is 6.54 Å². The Morgan fingerprint density at radius 1 is 1.00 bits per heavy atom. The van der Waals surface area contributed by atoms with Gasteiger partial charge in [-0.15, -0.1) is 0 Å². The average Bonchev–Trinajstić information content (AvgIpc) is 2.52. The molecule has 2 aromatic rings. The number of hydrogen-bond donors (Lipinski definition) is 1. The Bertz CT molecular complexity index is 653. The van der Waals surface area contributed by atoms with Crippen LogP contribution in [0.25, 0.3) is 0 Å². The van der Waals surface area contributed by atoms with E-state index in [-0.39, 0.29) is 18.4 Å². The standard InChI is InChI=1S/C18H20N2O2/c1-14-8-6-7-11-17(14)20(15(2)21)13-18(22)19-12-16-9-4-3-5-10-16/h3-11H,12-13H2,1-2H3,(H,19,22). The molecule has 0 saturated heterocycles. The van der Waals surface area contributed by atoms with Crippen LogP contribution in [0, 0.1) is 6.92 Å². The zero-order valence-electron chi connectivity index (χ0n) is 12.9. The number of aryl methyl sites for hydroxylation is 1. The molecular formula is C18H20N2O2. The highest BCUT2D eigenvalue weighted by Crippen LogP contribution is 2.19. The maximum absolute atomic E-state index is 12.1. The first kappa shape index (κ1) is 15.8. The molecule has 0 spiro atoms. The summed E-state index contributed by atoms with van der Waals surface area (Å²) in [6.07, 6.45) is 0. The summed E-state index contributed by atoms with van der Waals surface area (Å²) in [7, 11) is 0. The number of amides is 2. The van der Waals surface area contributed by atoms with Crippen LogP contribution in [-0.4, -0.2) is 18.4 Å². The first-order valence-electron chi connectivity index (χ1n) is 7.22. The van der Waals surface area contributed by atoms with Crippen LogP contribution in [0.3, 0.4) is 0 Å². The predicted octanol–water partition coefficient (Wildman–Crippen LogP) is 2.66. The minimum absolute atomic E-state index is 0.0209. The fourth-order valence-electron chi connectivity index (χ4n) is 2.23. The van der Waals surface area contributed by atoms with Crippen molar-refractivity contribution in [2.75, 3.05) is 11.4 Å². The van der Waals surface area contributed by atoms with Crippen molar-refractivity contribution in [3.8, 4) is 0 Å². The molecular weight excluding hydrogens is 276 g/mol. The molecule has 4 nitrogen and oxygen atoms in total. The molecule has 1 N–H and O–H groups in total. The summed E-state index contributed by atoms with van der Waals surface area (Å²) < 4.78 is 0. The number of hydrogen-bond acceptors (Lipinski definition) is 2. The number of nitrogens with one attached hydrogen (secondary N) is 1. The molecule has 22 heavy (non-hydrogen) atoms. The number of anilines is 1. The summed E-state index contributed by atoms with van der Waals surface area (Å²) in [6.45, 7) is 3.87. The van der Waals surface area contributed by atoms with Crippen molar-refractivity contribution in [1.29, 1.82) is 0 Å². The van der Waals surface area contributed by atoms with Gasteiger partial charge in [0, 0.05) is 19.2 Å². The van der Waals surface area contributed by atoms with Crippen LogP contribution in [-0.2, 0) is 16.1 Å². The van der Waals surface area contributed by atoms with Crippen LogP contribution in [0.5, 0.6) is 0 Å². The Hall–Kier alpha value is -2.62. The zero-order chi connectivity index (χ0) is 15.9. The third kappa shape index (κ3) is 4.19. The van der Waals surface area contributed by atoms with Crippen molar-refractivity contribution in [3.05, 3.63) is 65.7 Å². The van der Waals surface area contributed by atoms with Gasteiger partial charge in [-0.05, 0) is 24.1 Å². The van der Waals surface area contributed by atoms with Gasteiger partial charge in [-0.3, -0.25) is 9.59 Å². The minimum atomic E-state index is -0.178. The average molecular weight is 296 g/mol. The summed E-state index contributed by atoms with van der Waals surface area (Å²) in [5.41, 5.74) is 2.76. The number of rotatable bonds is 5. The molecule has 2 rings (SSSR count). The van der Waals surface area contributed by atoms with Crippen molar-refractivity contribution in [1.82, 2.24) is 5.32 Å². The third-order valence-corrected chi connectivity index (χ3v) is 3.42. The molecule has 4 heteroatoms. The van der Waals surface area contributed by atoms with Gasteiger partial charge < -0.3 is 10.2 Å². The third-order valence-electron chi connectivity index (χ3n) is 3.42. The quantitative estimate of drug-likeness (QED) is 0.922. The van der Waals surface area contributed by atoms with E-state index < -0.39 is 0 Å². The van der Waals surface area contributed by atoms with Gasteiger partial charge in [0.05, 0.1) is 0 Å².